The minimum atomic E-state index is -3.55. The van der Waals surface area contributed by atoms with Crippen LogP contribution in [0.15, 0.2) is 29.2 Å². The second-order valence-electron chi connectivity index (χ2n) is 5.34. The number of anilines is 1. The van der Waals surface area contributed by atoms with Crippen LogP contribution in [0.4, 0.5) is 5.69 Å². The number of carbonyl (C=O) groups is 1. The molecule has 1 heterocycles. The molecular weight excluding hydrogens is 304 g/mol. The van der Waals surface area contributed by atoms with Gasteiger partial charge in [-0.05, 0) is 38.2 Å². The number of carbonyl (C=O) groups excluding carboxylic acids is 1. The van der Waals surface area contributed by atoms with E-state index in [0.717, 1.165) is 13.0 Å². The van der Waals surface area contributed by atoms with Gasteiger partial charge in [0.2, 0.25) is 15.9 Å². The first-order valence-corrected chi connectivity index (χ1v) is 8.66. The van der Waals surface area contributed by atoms with Crippen molar-refractivity contribution in [3.05, 3.63) is 24.3 Å². The molecule has 1 aromatic carbocycles. The lowest BCUT2D eigenvalue weighted by molar-refractivity contribution is -0.114. The van der Waals surface area contributed by atoms with E-state index >= 15 is 0 Å². The Bertz CT molecular complexity index is 633. The summed E-state index contributed by atoms with van der Waals surface area (Å²) >= 11 is 0. The lowest BCUT2D eigenvalue weighted by atomic mass is 10.3. The Balaban J connectivity index is 2.21. The van der Waals surface area contributed by atoms with E-state index in [1.54, 1.807) is 18.2 Å². The topological polar surface area (TPSA) is 95.7 Å². The fourth-order valence-electron chi connectivity index (χ4n) is 2.36. The minimum Gasteiger partial charge on any atom is -0.325 e. The Kier molecular flexibility index (Phi) is 5.52. The maximum atomic E-state index is 12.7. The lowest BCUT2D eigenvalue weighted by Crippen LogP contribution is -2.34. The minimum absolute atomic E-state index is 0.143. The maximum Gasteiger partial charge on any atom is 0.243 e. The fraction of sp³-hybridized carbons (Fsp3) is 0.500. The van der Waals surface area contributed by atoms with Gasteiger partial charge in [0.15, 0.2) is 0 Å². The second kappa shape index (κ2) is 7.19. The third-order valence-corrected chi connectivity index (χ3v) is 5.51. The normalized spacial score (nSPS) is 17.9. The van der Waals surface area contributed by atoms with Crippen LogP contribution in [0, 0.1) is 0 Å². The highest BCUT2D eigenvalue weighted by Crippen LogP contribution is 2.20. The summed E-state index contributed by atoms with van der Waals surface area (Å²) in [4.78, 5) is 13.6. The molecule has 0 radical (unpaired) electrons. The number of likely N-dealkylation sites (N-methyl/N-ethyl adjacent to an activating group) is 1. The van der Waals surface area contributed by atoms with Crippen LogP contribution in [-0.4, -0.2) is 63.3 Å². The summed E-state index contributed by atoms with van der Waals surface area (Å²) in [7, 11) is -1.56. The average molecular weight is 326 g/mol. The van der Waals surface area contributed by atoms with Gasteiger partial charge in [-0.15, -0.1) is 0 Å². The van der Waals surface area contributed by atoms with Crippen molar-refractivity contribution < 1.29 is 13.2 Å². The first-order chi connectivity index (χ1) is 10.4. The van der Waals surface area contributed by atoms with Gasteiger partial charge in [-0.3, -0.25) is 4.79 Å². The third-order valence-electron chi connectivity index (χ3n) is 3.62. The number of rotatable bonds is 4. The summed E-state index contributed by atoms with van der Waals surface area (Å²) in [5, 5.41) is 2.57. The molecule has 1 amide bonds. The number of nitrogens with zero attached hydrogens (tertiary/aromatic N) is 2. The molecule has 122 valence electrons. The van der Waals surface area contributed by atoms with Crippen LogP contribution in [0.5, 0.6) is 0 Å². The molecule has 3 N–H and O–H groups in total. The summed E-state index contributed by atoms with van der Waals surface area (Å²) < 4.78 is 26.9. The molecule has 1 saturated heterocycles. The molecule has 1 aromatic rings. The van der Waals surface area contributed by atoms with Crippen molar-refractivity contribution >= 4 is 21.6 Å². The van der Waals surface area contributed by atoms with E-state index in [2.05, 4.69) is 10.2 Å². The molecule has 0 saturated carbocycles. The van der Waals surface area contributed by atoms with Gasteiger partial charge in [-0.2, -0.15) is 4.31 Å². The number of benzene rings is 1. The van der Waals surface area contributed by atoms with Crippen LogP contribution in [0.1, 0.15) is 6.42 Å². The van der Waals surface area contributed by atoms with Gasteiger partial charge in [0.05, 0.1) is 11.4 Å². The summed E-state index contributed by atoms with van der Waals surface area (Å²) in [6, 6.07) is 6.27. The van der Waals surface area contributed by atoms with Gasteiger partial charge in [0, 0.05) is 25.3 Å². The first-order valence-electron chi connectivity index (χ1n) is 7.22. The van der Waals surface area contributed by atoms with Crippen LogP contribution in [-0.2, 0) is 14.8 Å². The quantitative estimate of drug-likeness (QED) is 0.806. The van der Waals surface area contributed by atoms with Crippen LogP contribution in [0.2, 0.25) is 0 Å². The van der Waals surface area contributed by atoms with Crippen molar-refractivity contribution in [1.82, 2.24) is 9.21 Å². The zero-order valence-electron chi connectivity index (χ0n) is 12.7. The molecule has 0 spiro atoms. The number of nitrogens with two attached hydrogens (primary N) is 1. The molecule has 0 bridgehead atoms. The van der Waals surface area contributed by atoms with Gasteiger partial charge in [0.1, 0.15) is 0 Å². The zero-order valence-corrected chi connectivity index (χ0v) is 13.5. The summed E-state index contributed by atoms with van der Waals surface area (Å²) in [6.07, 6.45) is 0.805. The van der Waals surface area contributed by atoms with Crippen molar-refractivity contribution in [2.75, 3.05) is 45.1 Å². The molecule has 0 atom stereocenters. The van der Waals surface area contributed by atoms with E-state index in [1.165, 1.54) is 10.4 Å². The van der Waals surface area contributed by atoms with E-state index in [-0.39, 0.29) is 17.3 Å². The van der Waals surface area contributed by atoms with Crippen LogP contribution in [0.3, 0.4) is 0 Å². The molecule has 2 rings (SSSR count). The number of hydrogen-bond donors (Lipinski definition) is 2. The Morgan fingerprint density at radius 1 is 1.27 bits per heavy atom. The Morgan fingerprint density at radius 3 is 2.77 bits per heavy atom. The summed E-state index contributed by atoms with van der Waals surface area (Å²) in [6.45, 7) is 2.43. The number of hydrogen-bond acceptors (Lipinski definition) is 5. The van der Waals surface area contributed by atoms with E-state index in [0.29, 0.717) is 25.3 Å². The fourth-order valence-corrected chi connectivity index (χ4v) is 3.87. The molecule has 8 heteroatoms. The van der Waals surface area contributed by atoms with Gasteiger partial charge in [-0.1, -0.05) is 6.07 Å². The van der Waals surface area contributed by atoms with E-state index in [9.17, 15) is 13.2 Å². The predicted octanol–water partition coefficient (Wildman–Crippen LogP) is -0.0900. The summed E-state index contributed by atoms with van der Waals surface area (Å²) in [5.41, 5.74) is 5.68. The smallest absolute Gasteiger partial charge is 0.243 e. The Hall–Kier alpha value is -1.48. The molecule has 1 aliphatic heterocycles. The highest BCUT2D eigenvalue weighted by molar-refractivity contribution is 7.89. The first kappa shape index (κ1) is 16.9. The highest BCUT2D eigenvalue weighted by atomic mass is 32.2. The zero-order chi connectivity index (χ0) is 16.2. The van der Waals surface area contributed by atoms with Crippen LogP contribution in [0.25, 0.3) is 0 Å². The van der Waals surface area contributed by atoms with Gasteiger partial charge in [-0.25, -0.2) is 8.42 Å². The molecule has 22 heavy (non-hydrogen) atoms. The van der Waals surface area contributed by atoms with Gasteiger partial charge < -0.3 is 16.0 Å². The van der Waals surface area contributed by atoms with E-state index < -0.39 is 10.0 Å². The van der Waals surface area contributed by atoms with E-state index in [1.807, 2.05) is 7.05 Å². The molecule has 7 nitrogen and oxygen atoms in total. The second-order valence-corrected chi connectivity index (χ2v) is 7.28. The maximum absolute atomic E-state index is 12.7. The van der Waals surface area contributed by atoms with Crippen molar-refractivity contribution in [3.8, 4) is 0 Å². The molecule has 0 unspecified atom stereocenters. The van der Waals surface area contributed by atoms with Crippen molar-refractivity contribution in [3.63, 3.8) is 0 Å². The number of sulfonamides is 1. The van der Waals surface area contributed by atoms with Gasteiger partial charge in [0.25, 0.3) is 0 Å². The molecule has 1 fully saturated rings. The van der Waals surface area contributed by atoms with E-state index in [4.69, 9.17) is 5.73 Å². The van der Waals surface area contributed by atoms with Gasteiger partial charge >= 0.3 is 0 Å². The highest BCUT2D eigenvalue weighted by Gasteiger charge is 2.26. The van der Waals surface area contributed by atoms with Crippen molar-refractivity contribution in [1.29, 1.82) is 0 Å². The average Bonchev–Trinajstić information content (AvgIpc) is 2.72. The molecule has 1 aliphatic rings. The number of amides is 1. The molecular formula is C14H22N4O3S. The Labute approximate surface area is 131 Å². The standard InChI is InChI=1S/C14H22N4O3S/c1-17-6-3-7-18(9-8-17)22(20,21)13-5-2-4-12(10-13)16-14(19)11-15/h2,4-5,10H,3,6-9,11,15H2,1H3,(H,16,19). The van der Waals surface area contributed by atoms with Crippen molar-refractivity contribution in [2.45, 2.75) is 11.3 Å². The van der Waals surface area contributed by atoms with Crippen LogP contribution >= 0.6 is 0 Å². The molecule has 0 aliphatic carbocycles. The molecule has 0 aromatic heterocycles. The lowest BCUT2D eigenvalue weighted by Gasteiger charge is -2.20. The van der Waals surface area contributed by atoms with Crippen LogP contribution < -0.4 is 11.1 Å². The Morgan fingerprint density at radius 2 is 2.05 bits per heavy atom. The monoisotopic (exact) mass is 326 g/mol. The largest absolute Gasteiger partial charge is 0.325 e. The third kappa shape index (κ3) is 4.04. The summed E-state index contributed by atoms with van der Waals surface area (Å²) in [5.74, 6) is -0.356. The number of nitrogens with one attached hydrogen (secondary N) is 1. The van der Waals surface area contributed by atoms with Crippen molar-refractivity contribution in [2.24, 2.45) is 5.73 Å². The predicted molar refractivity (Wildman–Crippen MR) is 85.0 cm³/mol. The SMILES string of the molecule is CN1CCCN(S(=O)(=O)c2cccc(NC(=O)CN)c2)CC1.